The number of phenolic OH excluding ortho intramolecular Hbond substituents is 2. The molecule has 0 amide bonds. The molecule has 2 aromatic rings. The third kappa shape index (κ3) is 3.11. The fourth-order valence-electron chi connectivity index (χ4n) is 1.47. The molecule has 1 aromatic heterocycles. The summed E-state index contributed by atoms with van der Waals surface area (Å²) in [5.41, 5.74) is 0.0972. The second-order valence-electron chi connectivity index (χ2n) is 3.89. The van der Waals surface area contributed by atoms with E-state index in [0.717, 1.165) is 12.1 Å². The van der Waals surface area contributed by atoms with Gasteiger partial charge < -0.3 is 10.2 Å². The summed E-state index contributed by atoms with van der Waals surface area (Å²) in [6.45, 7) is 0. The number of carbonyl (C=O) groups excluding carboxylic acids is 1. The van der Waals surface area contributed by atoms with Gasteiger partial charge in [0.15, 0.2) is 11.5 Å². The van der Waals surface area contributed by atoms with Gasteiger partial charge in [0.05, 0.1) is 0 Å². The maximum absolute atomic E-state index is 13.4. The lowest BCUT2D eigenvalue weighted by molar-refractivity contribution is 0.0968. The van der Waals surface area contributed by atoms with Crippen LogP contribution < -0.4 is 0 Å². The number of nitrogens with zero attached hydrogens (tertiary/aromatic N) is 2. The highest BCUT2D eigenvalue weighted by molar-refractivity contribution is 5.90. The van der Waals surface area contributed by atoms with Crippen molar-refractivity contribution in [2.75, 3.05) is 0 Å². The lowest BCUT2D eigenvalue weighted by atomic mass is 10.1. The summed E-state index contributed by atoms with van der Waals surface area (Å²) in [6, 6.07) is 1.90. The first-order chi connectivity index (χ1) is 9.58. The number of hydrogen-bond donors (Lipinski definition) is 2. The van der Waals surface area contributed by atoms with Crippen LogP contribution in [0.25, 0.3) is 6.08 Å². The smallest absolute Gasteiger partial charge is 0.255 e. The number of aromatic hydroxyl groups is 2. The maximum atomic E-state index is 13.4. The summed E-state index contributed by atoms with van der Waals surface area (Å²) in [7, 11) is 0. The number of carbonyl (C=O) groups is 1. The average Bonchev–Trinajstić information content (AvgIpc) is 2.94. The third-order valence-electron chi connectivity index (χ3n) is 2.48. The summed E-state index contributed by atoms with van der Waals surface area (Å²) in [6.07, 6.45) is 9.90. The van der Waals surface area contributed by atoms with E-state index < -0.39 is 17.3 Å². The molecule has 0 aliphatic heterocycles. The lowest BCUT2D eigenvalue weighted by Crippen LogP contribution is -2.03. The Balaban J connectivity index is 2.07. The molecule has 0 saturated heterocycles. The summed E-state index contributed by atoms with van der Waals surface area (Å²) in [5, 5.41) is 18.4. The van der Waals surface area contributed by atoms with Crippen molar-refractivity contribution in [3.8, 4) is 11.5 Å². The van der Waals surface area contributed by atoms with Gasteiger partial charge in [0.25, 0.3) is 5.91 Å². The zero-order valence-electron chi connectivity index (χ0n) is 10.3. The SMILES string of the molecule is O=C(/C=C/C=C/c1cc(O)c(O)cc1F)n1ccnc1. The molecule has 2 rings (SSSR count). The predicted molar refractivity (Wildman–Crippen MR) is 70.8 cm³/mol. The number of halogens is 1. The quantitative estimate of drug-likeness (QED) is 0.512. The Morgan fingerprint density at radius 3 is 2.70 bits per heavy atom. The third-order valence-corrected chi connectivity index (χ3v) is 2.48. The first kappa shape index (κ1) is 13.5. The molecule has 20 heavy (non-hydrogen) atoms. The second kappa shape index (κ2) is 5.83. The predicted octanol–water partition coefficient (Wildman–Crippen LogP) is 2.34. The fraction of sp³-hybridized carbons (Fsp3) is 0. The monoisotopic (exact) mass is 274 g/mol. The van der Waals surface area contributed by atoms with Crippen LogP contribution in [0.15, 0.2) is 49.1 Å². The van der Waals surface area contributed by atoms with E-state index in [1.807, 2.05) is 0 Å². The number of aromatic nitrogens is 2. The molecule has 1 heterocycles. The molecular formula is C14H11FN2O3. The van der Waals surface area contributed by atoms with E-state index >= 15 is 0 Å². The average molecular weight is 274 g/mol. The second-order valence-corrected chi connectivity index (χ2v) is 3.89. The van der Waals surface area contributed by atoms with Gasteiger partial charge in [-0.15, -0.1) is 0 Å². The van der Waals surface area contributed by atoms with Gasteiger partial charge >= 0.3 is 0 Å². The first-order valence-corrected chi connectivity index (χ1v) is 5.66. The summed E-state index contributed by atoms with van der Waals surface area (Å²) in [4.78, 5) is 15.3. The fourth-order valence-corrected chi connectivity index (χ4v) is 1.47. The number of benzene rings is 1. The Morgan fingerprint density at radius 2 is 2.00 bits per heavy atom. The van der Waals surface area contributed by atoms with Crippen molar-refractivity contribution in [3.63, 3.8) is 0 Å². The van der Waals surface area contributed by atoms with Gasteiger partial charge in [-0.1, -0.05) is 18.2 Å². The van der Waals surface area contributed by atoms with Crippen molar-refractivity contribution in [1.29, 1.82) is 0 Å². The summed E-state index contributed by atoms with van der Waals surface area (Å²) < 4.78 is 14.7. The molecule has 0 aliphatic rings. The molecule has 0 fully saturated rings. The van der Waals surface area contributed by atoms with E-state index in [9.17, 15) is 14.3 Å². The number of imidazole rings is 1. The molecule has 5 nitrogen and oxygen atoms in total. The van der Waals surface area contributed by atoms with Crippen molar-refractivity contribution in [2.45, 2.75) is 0 Å². The summed E-state index contributed by atoms with van der Waals surface area (Å²) in [5.74, 6) is -1.90. The first-order valence-electron chi connectivity index (χ1n) is 5.66. The van der Waals surface area contributed by atoms with Gasteiger partial charge in [0, 0.05) is 30.1 Å². The van der Waals surface area contributed by atoms with Gasteiger partial charge in [-0.25, -0.2) is 9.37 Å². The zero-order chi connectivity index (χ0) is 14.5. The van der Waals surface area contributed by atoms with Crippen LogP contribution in [0.4, 0.5) is 4.39 Å². The highest BCUT2D eigenvalue weighted by Gasteiger charge is 2.05. The number of hydrogen-bond acceptors (Lipinski definition) is 4. The van der Waals surface area contributed by atoms with Crippen LogP contribution in [-0.2, 0) is 0 Å². The van der Waals surface area contributed by atoms with Crippen LogP contribution in [0, 0.1) is 5.82 Å². The molecule has 0 bridgehead atoms. The molecule has 102 valence electrons. The lowest BCUT2D eigenvalue weighted by Gasteiger charge is -2.00. The minimum absolute atomic E-state index is 0.0972. The van der Waals surface area contributed by atoms with Crippen molar-refractivity contribution in [2.24, 2.45) is 0 Å². The van der Waals surface area contributed by atoms with Crippen molar-refractivity contribution >= 4 is 12.0 Å². The molecule has 0 aliphatic carbocycles. The standard InChI is InChI=1S/C14H11FN2O3/c15-11-8-13(19)12(18)7-10(11)3-1-2-4-14(20)17-6-5-16-9-17/h1-9,18-19H/b3-1+,4-2+. The maximum Gasteiger partial charge on any atom is 0.255 e. The normalized spacial score (nSPS) is 11.4. The molecule has 0 radical (unpaired) electrons. The van der Waals surface area contributed by atoms with Crippen LogP contribution in [-0.4, -0.2) is 25.7 Å². The largest absolute Gasteiger partial charge is 0.504 e. The highest BCUT2D eigenvalue weighted by atomic mass is 19.1. The van der Waals surface area contributed by atoms with Gasteiger partial charge in [0.2, 0.25) is 0 Å². The highest BCUT2D eigenvalue weighted by Crippen LogP contribution is 2.28. The molecule has 0 saturated carbocycles. The zero-order valence-corrected chi connectivity index (χ0v) is 10.3. The van der Waals surface area contributed by atoms with Crippen molar-refractivity contribution in [1.82, 2.24) is 9.55 Å². The number of rotatable bonds is 3. The Kier molecular flexibility index (Phi) is 3.95. The minimum Gasteiger partial charge on any atom is -0.504 e. The van der Waals surface area contributed by atoms with Crippen LogP contribution >= 0.6 is 0 Å². The molecule has 0 unspecified atom stereocenters. The van der Waals surface area contributed by atoms with E-state index in [1.54, 1.807) is 0 Å². The van der Waals surface area contributed by atoms with E-state index in [1.165, 1.54) is 47.6 Å². The van der Waals surface area contributed by atoms with Crippen molar-refractivity contribution < 1.29 is 19.4 Å². The van der Waals surface area contributed by atoms with E-state index in [2.05, 4.69) is 4.98 Å². The Bertz CT molecular complexity index is 676. The molecule has 2 N–H and O–H groups in total. The number of phenols is 2. The van der Waals surface area contributed by atoms with E-state index in [0.29, 0.717) is 0 Å². The van der Waals surface area contributed by atoms with Crippen LogP contribution in [0.1, 0.15) is 10.4 Å². The van der Waals surface area contributed by atoms with Gasteiger partial charge in [-0.05, 0) is 6.07 Å². The molecule has 1 aromatic carbocycles. The summed E-state index contributed by atoms with van der Waals surface area (Å²) >= 11 is 0. The van der Waals surface area contributed by atoms with Crippen LogP contribution in [0.2, 0.25) is 0 Å². The van der Waals surface area contributed by atoms with Gasteiger partial charge in [-0.2, -0.15) is 0 Å². The minimum atomic E-state index is -0.675. The topological polar surface area (TPSA) is 75.3 Å². The van der Waals surface area contributed by atoms with E-state index in [4.69, 9.17) is 5.11 Å². The molecule has 6 heteroatoms. The van der Waals surface area contributed by atoms with Gasteiger partial charge in [0.1, 0.15) is 12.1 Å². The Labute approximate surface area is 113 Å². The molecule has 0 atom stereocenters. The van der Waals surface area contributed by atoms with Gasteiger partial charge in [-0.3, -0.25) is 9.36 Å². The Hall–Kier alpha value is -2.89. The van der Waals surface area contributed by atoms with E-state index in [-0.39, 0.29) is 11.5 Å². The van der Waals surface area contributed by atoms with Crippen LogP contribution in [0.3, 0.4) is 0 Å². The Morgan fingerprint density at radius 1 is 1.25 bits per heavy atom. The van der Waals surface area contributed by atoms with Crippen LogP contribution in [0.5, 0.6) is 11.5 Å². The molecular weight excluding hydrogens is 263 g/mol. The van der Waals surface area contributed by atoms with Crippen molar-refractivity contribution in [3.05, 3.63) is 60.5 Å². The molecule has 0 spiro atoms. The number of allylic oxidation sites excluding steroid dienone is 3.